The molecule has 108 valence electrons. The van der Waals surface area contributed by atoms with Gasteiger partial charge in [-0.25, -0.2) is 9.59 Å². The molecule has 0 heterocycles. The van der Waals surface area contributed by atoms with E-state index in [9.17, 15) is 9.59 Å². The summed E-state index contributed by atoms with van der Waals surface area (Å²) in [6, 6.07) is 5.55. The first kappa shape index (κ1) is 15.6. The molecule has 0 aliphatic heterocycles. The van der Waals surface area contributed by atoms with Crippen LogP contribution < -0.4 is 10.6 Å². The van der Waals surface area contributed by atoms with Crippen molar-refractivity contribution in [1.29, 1.82) is 0 Å². The third kappa shape index (κ3) is 3.74. The molecule has 2 N–H and O–H groups in total. The molecule has 0 fully saturated rings. The maximum Gasteiger partial charge on any atom is 0.354 e. The molecule has 0 aromatic heterocycles. The van der Waals surface area contributed by atoms with Crippen LogP contribution in [0.25, 0.3) is 0 Å². The van der Waals surface area contributed by atoms with Gasteiger partial charge in [0.15, 0.2) is 0 Å². The van der Waals surface area contributed by atoms with Gasteiger partial charge in [-0.05, 0) is 18.6 Å². The van der Waals surface area contributed by atoms with Gasteiger partial charge in [0.2, 0.25) is 0 Å². The minimum atomic E-state index is -0.654. The van der Waals surface area contributed by atoms with E-state index in [1.807, 2.05) is 19.1 Å². The second kappa shape index (κ2) is 7.18. The van der Waals surface area contributed by atoms with Crippen molar-refractivity contribution in [2.45, 2.75) is 6.92 Å². The lowest BCUT2D eigenvalue weighted by molar-refractivity contribution is -0.138. The van der Waals surface area contributed by atoms with Gasteiger partial charge in [0.25, 0.3) is 0 Å². The smallest absolute Gasteiger partial charge is 0.354 e. The number of rotatable bonds is 5. The van der Waals surface area contributed by atoms with Crippen molar-refractivity contribution >= 4 is 23.3 Å². The van der Waals surface area contributed by atoms with Crippen LogP contribution in [0.15, 0.2) is 30.0 Å². The molecular weight excluding hydrogens is 260 g/mol. The van der Waals surface area contributed by atoms with Crippen LogP contribution in [0.2, 0.25) is 0 Å². The van der Waals surface area contributed by atoms with Gasteiger partial charge in [-0.3, -0.25) is 0 Å². The lowest BCUT2D eigenvalue weighted by atomic mass is 10.1. The highest BCUT2D eigenvalue weighted by Crippen LogP contribution is 2.26. The zero-order chi connectivity index (χ0) is 15.1. The van der Waals surface area contributed by atoms with Crippen molar-refractivity contribution in [1.82, 2.24) is 0 Å². The highest BCUT2D eigenvalue weighted by atomic mass is 16.5. The molecule has 0 radical (unpaired) electrons. The van der Waals surface area contributed by atoms with E-state index in [4.69, 9.17) is 0 Å². The van der Waals surface area contributed by atoms with E-state index in [1.165, 1.54) is 14.2 Å². The highest BCUT2D eigenvalue weighted by Gasteiger charge is 2.14. The normalized spacial score (nSPS) is 10.7. The third-order valence-corrected chi connectivity index (χ3v) is 2.66. The molecule has 20 heavy (non-hydrogen) atoms. The topological polar surface area (TPSA) is 76.7 Å². The number of methoxy groups -OCH3 is 2. The summed E-state index contributed by atoms with van der Waals surface area (Å²) in [5.41, 5.74) is 2.49. The molecule has 0 saturated carbocycles. The molecule has 0 saturated heterocycles. The molecule has 1 aromatic carbocycles. The molecule has 1 rings (SSSR count). The second-order valence-electron chi connectivity index (χ2n) is 3.95. The maximum atomic E-state index is 11.7. The second-order valence-corrected chi connectivity index (χ2v) is 3.95. The number of esters is 2. The van der Waals surface area contributed by atoms with Crippen molar-refractivity contribution in [3.63, 3.8) is 0 Å². The Morgan fingerprint density at radius 3 is 2.45 bits per heavy atom. The number of hydrogen-bond donors (Lipinski definition) is 2. The Kier molecular flexibility index (Phi) is 5.58. The zero-order valence-electron chi connectivity index (χ0n) is 11.9. The number of benzene rings is 1. The van der Waals surface area contributed by atoms with Crippen LogP contribution in [0.5, 0.6) is 0 Å². The monoisotopic (exact) mass is 278 g/mol. The lowest BCUT2D eigenvalue weighted by Crippen LogP contribution is -2.16. The van der Waals surface area contributed by atoms with Crippen molar-refractivity contribution < 1.29 is 19.1 Å². The first-order chi connectivity index (χ1) is 9.53. The fourth-order valence-electron chi connectivity index (χ4n) is 1.68. The molecule has 0 bridgehead atoms. The maximum absolute atomic E-state index is 11.7. The van der Waals surface area contributed by atoms with Gasteiger partial charge < -0.3 is 20.1 Å². The number of para-hydroxylation sites is 1. The molecular formula is C14H18N2O4. The summed E-state index contributed by atoms with van der Waals surface area (Å²) in [4.78, 5) is 23.0. The summed E-state index contributed by atoms with van der Waals surface area (Å²) >= 11 is 0. The molecule has 0 amide bonds. The summed E-state index contributed by atoms with van der Waals surface area (Å²) in [5, 5.41) is 5.91. The van der Waals surface area contributed by atoms with Gasteiger partial charge in [-0.15, -0.1) is 0 Å². The van der Waals surface area contributed by atoms with Crippen LogP contribution in [-0.4, -0.2) is 33.2 Å². The molecule has 0 aliphatic rings. The molecule has 6 nitrogen and oxygen atoms in total. The Morgan fingerprint density at radius 1 is 1.20 bits per heavy atom. The lowest BCUT2D eigenvalue weighted by Gasteiger charge is -2.15. The number of anilines is 2. The number of nitrogens with one attached hydrogen (secondary N) is 2. The van der Waals surface area contributed by atoms with Gasteiger partial charge in [0.1, 0.15) is 5.70 Å². The Bertz CT molecular complexity index is 538. The Morgan fingerprint density at radius 2 is 1.90 bits per heavy atom. The van der Waals surface area contributed by atoms with Gasteiger partial charge in [0.05, 0.1) is 31.7 Å². The number of carbonyl (C=O) groups excluding carboxylic acids is 2. The third-order valence-electron chi connectivity index (χ3n) is 2.66. The number of aryl methyl sites for hydroxylation is 1. The molecule has 6 heteroatoms. The summed E-state index contributed by atoms with van der Waals surface area (Å²) in [6.07, 6.45) is 1.05. The summed E-state index contributed by atoms with van der Waals surface area (Å²) in [7, 11) is 4.25. The zero-order valence-corrected chi connectivity index (χ0v) is 11.9. The number of ether oxygens (including phenoxy) is 2. The first-order valence-electron chi connectivity index (χ1n) is 5.95. The van der Waals surface area contributed by atoms with Crippen molar-refractivity contribution in [2.75, 3.05) is 31.9 Å². The molecule has 0 atom stereocenters. The molecule has 0 unspecified atom stereocenters. The minimum Gasteiger partial charge on any atom is -0.466 e. The van der Waals surface area contributed by atoms with Gasteiger partial charge in [-0.2, -0.15) is 0 Å². The summed E-state index contributed by atoms with van der Waals surface area (Å²) in [5.74, 6) is -1.30. The fraction of sp³-hybridized carbons (Fsp3) is 0.286. The number of hydrogen-bond acceptors (Lipinski definition) is 6. The van der Waals surface area contributed by atoms with Crippen molar-refractivity contribution in [3.8, 4) is 0 Å². The summed E-state index contributed by atoms with van der Waals surface area (Å²) < 4.78 is 9.15. The van der Waals surface area contributed by atoms with Crippen LogP contribution >= 0.6 is 0 Å². The van der Waals surface area contributed by atoms with Crippen molar-refractivity contribution in [2.24, 2.45) is 0 Å². The Hall–Kier alpha value is -2.50. The largest absolute Gasteiger partial charge is 0.466 e. The van der Waals surface area contributed by atoms with E-state index in [0.717, 1.165) is 17.3 Å². The first-order valence-corrected chi connectivity index (χ1v) is 5.95. The predicted molar refractivity (Wildman–Crippen MR) is 76.5 cm³/mol. The SMILES string of the molecule is CNc1c(C)cccc1N/C(=C/C(=O)OC)C(=O)OC. The van der Waals surface area contributed by atoms with Crippen LogP contribution in [0.1, 0.15) is 5.56 Å². The van der Waals surface area contributed by atoms with Gasteiger partial charge in [-0.1, -0.05) is 12.1 Å². The number of carbonyl (C=O) groups is 2. The fourth-order valence-corrected chi connectivity index (χ4v) is 1.68. The van der Waals surface area contributed by atoms with Gasteiger partial charge >= 0.3 is 11.9 Å². The molecule has 0 spiro atoms. The van der Waals surface area contributed by atoms with E-state index >= 15 is 0 Å². The average molecular weight is 278 g/mol. The Balaban J connectivity index is 3.14. The van der Waals surface area contributed by atoms with Crippen LogP contribution in [0.3, 0.4) is 0 Å². The van der Waals surface area contributed by atoms with Gasteiger partial charge in [0, 0.05) is 7.05 Å². The van der Waals surface area contributed by atoms with Crippen LogP contribution in [0, 0.1) is 6.92 Å². The Labute approximate surface area is 117 Å². The van der Waals surface area contributed by atoms with E-state index < -0.39 is 11.9 Å². The average Bonchev–Trinajstić information content (AvgIpc) is 2.45. The van der Waals surface area contributed by atoms with E-state index in [0.29, 0.717) is 5.69 Å². The highest BCUT2D eigenvalue weighted by molar-refractivity contribution is 5.99. The molecule has 0 aliphatic carbocycles. The van der Waals surface area contributed by atoms with Crippen molar-refractivity contribution in [3.05, 3.63) is 35.5 Å². The standard InChI is InChI=1S/C14H18N2O4/c1-9-6-5-7-10(13(9)15-2)16-11(14(18)20-4)8-12(17)19-3/h5-8,15-16H,1-4H3/b11-8+. The minimum absolute atomic E-state index is 0.00134. The van der Waals surface area contributed by atoms with E-state index in [-0.39, 0.29) is 5.70 Å². The summed E-state index contributed by atoms with van der Waals surface area (Å²) in [6.45, 7) is 1.93. The molecule has 1 aromatic rings. The quantitative estimate of drug-likeness (QED) is 0.630. The predicted octanol–water partition coefficient (Wildman–Crippen LogP) is 1.68. The van der Waals surface area contributed by atoms with E-state index in [1.54, 1.807) is 13.1 Å². The van der Waals surface area contributed by atoms with E-state index in [2.05, 4.69) is 20.1 Å². The van der Waals surface area contributed by atoms with Crippen LogP contribution in [0.4, 0.5) is 11.4 Å². The van der Waals surface area contributed by atoms with Crippen LogP contribution in [-0.2, 0) is 19.1 Å².